The Kier molecular flexibility index (Phi) is 7.36. The lowest BCUT2D eigenvalue weighted by Crippen LogP contribution is -2.25. The van der Waals surface area contributed by atoms with E-state index in [2.05, 4.69) is 25.7 Å². The fourth-order valence-electron chi connectivity index (χ4n) is 1.19. The van der Waals surface area contributed by atoms with Crippen LogP contribution in [0.5, 0.6) is 0 Å². The minimum absolute atomic E-state index is 0.327. The number of allylic oxidation sites excluding steroid dienone is 1. The second-order valence-corrected chi connectivity index (χ2v) is 11.3. The minimum Gasteiger partial charge on any atom is -0.353 e. The third kappa shape index (κ3) is 10.2. The van der Waals surface area contributed by atoms with Crippen molar-refractivity contribution >= 4 is 8.07 Å². The predicted octanol–water partition coefficient (Wildman–Crippen LogP) is 3.56. The molecule has 2 unspecified atom stereocenters. The number of rotatable bonds is 7. The van der Waals surface area contributed by atoms with Crippen molar-refractivity contribution in [1.29, 1.82) is 5.26 Å². The van der Waals surface area contributed by atoms with Crippen LogP contribution >= 0.6 is 0 Å². The molecule has 0 aromatic rings. The third-order valence-electron chi connectivity index (χ3n) is 2.15. The van der Waals surface area contributed by atoms with Crippen LogP contribution in [0, 0.1) is 11.3 Å². The molecule has 0 bridgehead atoms. The third-order valence-corrected chi connectivity index (χ3v) is 3.86. The molecule has 0 aliphatic carbocycles. The van der Waals surface area contributed by atoms with Gasteiger partial charge in [0.15, 0.2) is 12.4 Å². The zero-order chi connectivity index (χ0) is 13.5. The van der Waals surface area contributed by atoms with E-state index < -0.39 is 14.2 Å². The summed E-state index contributed by atoms with van der Waals surface area (Å²) in [6, 6.07) is 3.21. The molecule has 0 N–H and O–H groups in total. The summed E-state index contributed by atoms with van der Waals surface area (Å²) < 4.78 is 11.0. The van der Waals surface area contributed by atoms with E-state index in [4.69, 9.17) is 14.7 Å². The lowest BCUT2D eigenvalue weighted by Gasteiger charge is -2.19. The number of nitriles is 1. The Hall–Kier alpha value is -0.633. The lowest BCUT2D eigenvalue weighted by molar-refractivity contribution is -0.134. The van der Waals surface area contributed by atoms with Gasteiger partial charge in [0.05, 0.1) is 6.07 Å². The summed E-state index contributed by atoms with van der Waals surface area (Å²) in [5.74, 6) is 0. The molecule has 0 aliphatic heterocycles. The molecule has 0 heterocycles. The van der Waals surface area contributed by atoms with E-state index in [0.29, 0.717) is 6.61 Å². The van der Waals surface area contributed by atoms with Crippen LogP contribution in [0.25, 0.3) is 0 Å². The first-order valence-corrected chi connectivity index (χ1v) is 9.77. The van der Waals surface area contributed by atoms with E-state index in [0.717, 1.165) is 11.6 Å². The van der Waals surface area contributed by atoms with Crippen LogP contribution in [0.3, 0.4) is 0 Å². The van der Waals surface area contributed by atoms with Crippen LogP contribution < -0.4 is 0 Å². The molecule has 0 aliphatic rings. The Morgan fingerprint density at radius 3 is 2.35 bits per heavy atom. The van der Waals surface area contributed by atoms with E-state index in [-0.39, 0.29) is 6.29 Å². The zero-order valence-electron chi connectivity index (χ0n) is 11.9. The van der Waals surface area contributed by atoms with Crippen LogP contribution in [-0.2, 0) is 9.47 Å². The largest absolute Gasteiger partial charge is 0.353 e. The van der Waals surface area contributed by atoms with Crippen molar-refractivity contribution in [2.24, 2.45) is 0 Å². The van der Waals surface area contributed by atoms with Crippen molar-refractivity contribution in [3.8, 4) is 6.07 Å². The van der Waals surface area contributed by atoms with Gasteiger partial charge < -0.3 is 9.47 Å². The van der Waals surface area contributed by atoms with Gasteiger partial charge in [0.1, 0.15) is 0 Å². The van der Waals surface area contributed by atoms with Crippen molar-refractivity contribution in [2.45, 2.75) is 58.9 Å². The molecule has 0 fully saturated rings. The van der Waals surface area contributed by atoms with E-state index in [1.807, 2.05) is 20.8 Å². The Balaban J connectivity index is 3.97. The van der Waals surface area contributed by atoms with Crippen LogP contribution in [-0.4, -0.2) is 27.1 Å². The first-order chi connectivity index (χ1) is 7.74. The summed E-state index contributed by atoms with van der Waals surface area (Å²) in [6.45, 7) is 13.4. The number of ether oxygens (including phenoxy) is 2. The molecule has 0 spiro atoms. The quantitative estimate of drug-likeness (QED) is 0.397. The molecule has 0 rings (SSSR count). The van der Waals surface area contributed by atoms with Gasteiger partial charge in [-0.15, -0.1) is 0 Å². The summed E-state index contributed by atoms with van der Waals surface area (Å²) >= 11 is 0. The summed E-state index contributed by atoms with van der Waals surface area (Å²) in [7, 11) is -1.06. The molecule has 2 atom stereocenters. The SMILES string of the molecule is CC(C)=CC(C#N)OC(C)OCC[Si](C)(C)C. The molecular formula is C13H25NO2Si. The first kappa shape index (κ1) is 16.4. The molecule has 3 nitrogen and oxygen atoms in total. The fraction of sp³-hybridized carbons (Fsp3) is 0.769. The Bertz CT molecular complexity index is 285. The molecular weight excluding hydrogens is 230 g/mol. The normalized spacial score (nSPS) is 14.9. The van der Waals surface area contributed by atoms with Gasteiger partial charge in [-0.05, 0) is 32.9 Å². The summed E-state index contributed by atoms with van der Waals surface area (Å²) in [5, 5.41) is 8.91. The van der Waals surface area contributed by atoms with E-state index in [1.165, 1.54) is 0 Å². The molecule has 17 heavy (non-hydrogen) atoms. The average Bonchev–Trinajstić information content (AvgIpc) is 2.13. The molecule has 0 aromatic carbocycles. The maximum atomic E-state index is 8.91. The number of hydrogen-bond acceptors (Lipinski definition) is 3. The van der Waals surface area contributed by atoms with Gasteiger partial charge in [0.25, 0.3) is 0 Å². The highest BCUT2D eigenvalue weighted by atomic mass is 28.3. The van der Waals surface area contributed by atoms with E-state index >= 15 is 0 Å². The van der Waals surface area contributed by atoms with Gasteiger partial charge in [0.2, 0.25) is 0 Å². The highest BCUT2D eigenvalue weighted by Crippen LogP contribution is 2.10. The minimum atomic E-state index is -1.06. The van der Waals surface area contributed by atoms with Crippen molar-refractivity contribution in [2.75, 3.05) is 6.61 Å². The van der Waals surface area contributed by atoms with Crippen molar-refractivity contribution in [3.63, 3.8) is 0 Å². The lowest BCUT2D eigenvalue weighted by atomic mass is 10.2. The molecule has 0 amide bonds. The van der Waals surface area contributed by atoms with Gasteiger partial charge in [-0.2, -0.15) is 5.26 Å². The van der Waals surface area contributed by atoms with Gasteiger partial charge in [0, 0.05) is 14.7 Å². The smallest absolute Gasteiger partial charge is 0.165 e. The van der Waals surface area contributed by atoms with Gasteiger partial charge >= 0.3 is 0 Å². The second kappa shape index (κ2) is 7.65. The average molecular weight is 255 g/mol. The summed E-state index contributed by atoms with van der Waals surface area (Å²) in [6.07, 6.45) is 0.965. The predicted molar refractivity (Wildman–Crippen MR) is 73.5 cm³/mol. The first-order valence-electron chi connectivity index (χ1n) is 6.06. The maximum Gasteiger partial charge on any atom is 0.165 e. The molecule has 0 radical (unpaired) electrons. The highest BCUT2D eigenvalue weighted by molar-refractivity contribution is 6.76. The van der Waals surface area contributed by atoms with Crippen molar-refractivity contribution in [3.05, 3.63) is 11.6 Å². The molecule has 0 aromatic heterocycles. The van der Waals surface area contributed by atoms with E-state index in [9.17, 15) is 0 Å². The Morgan fingerprint density at radius 2 is 1.94 bits per heavy atom. The van der Waals surface area contributed by atoms with Gasteiger partial charge in [-0.3, -0.25) is 0 Å². The fourth-order valence-corrected chi connectivity index (χ4v) is 1.92. The van der Waals surface area contributed by atoms with Gasteiger partial charge in [-0.25, -0.2) is 0 Å². The summed E-state index contributed by atoms with van der Waals surface area (Å²) in [5.41, 5.74) is 1.07. The topological polar surface area (TPSA) is 42.2 Å². The maximum absolute atomic E-state index is 8.91. The van der Waals surface area contributed by atoms with Crippen molar-refractivity contribution < 1.29 is 9.47 Å². The van der Waals surface area contributed by atoms with E-state index in [1.54, 1.807) is 6.08 Å². The zero-order valence-corrected chi connectivity index (χ0v) is 12.9. The number of nitrogens with zero attached hydrogens (tertiary/aromatic N) is 1. The van der Waals surface area contributed by atoms with Crippen LogP contribution in [0.4, 0.5) is 0 Å². The van der Waals surface area contributed by atoms with Crippen molar-refractivity contribution in [1.82, 2.24) is 0 Å². The van der Waals surface area contributed by atoms with Gasteiger partial charge in [-0.1, -0.05) is 25.2 Å². The molecule has 0 saturated carbocycles. The second-order valence-electron chi connectivity index (χ2n) is 5.68. The highest BCUT2D eigenvalue weighted by Gasteiger charge is 2.15. The Labute approximate surface area is 106 Å². The molecule has 4 heteroatoms. The standard InChI is InChI=1S/C13H25NO2Si/c1-11(2)9-13(10-14)16-12(3)15-7-8-17(4,5)6/h9,12-13H,7-8H2,1-6H3. The van der Waals surface area contributed by atoms with Crippen LogP contribution in [0.15, 0.2) is 11.6 Å². The number of hydrogen-bond donors (Lipinski definition) is 0. The monoisotopic (exact) mass is 255 g/mol. The Morgan fingerprint density at radius 1 is 1.35 bits per heavy atom. The van der Waals surface area contributed by atoms with Crippen LogP contribution in [0.1, 0.15) is 20.8 Å². The molecule has 98 valence electrons. The van der Waals surface area contributed by atoms with Crippen LogP contribution in [0.2, 0.25) is 25.7 Å². The summed E-state index contributed by atoms with van der Waals surface area (Å²) in [4.78, 5) is 0. The molecule has 0 saturated heterocycles.